The third kappa shape index (κ3) is 2.78. The molecular formula is C10H11F3O2. The van der Waals surface area contributed by atoms with Crippen molar-refractivity contribution in [3.8, 4) is 11.5 Å². The number of rotatable bonds is 3. The van der Waals surface area contributed by atoms with Crippen molar-refractivity contribution in [3.63, 3.8) is 0 Å². The van der Waals surface area contributed by atoms with Gasteiger partial charge in [0.05, 0.1) is 19.3 Å². The number of hydrogen-bond acceptors (Lipinski definition) is 2. The molecule has 0 amide bonds. The summed E-state index contributed by atoms with van der Waals surface area (Å²) in [6.45, 7) is 1.98. The molecular weight excluding hydrogens is 209 g/mol. The standard InChI is InChI=1S/C10H11F3O2/c1-3-15-9-6-7(10(11,12)13)4-5-8(9)14-2/h4-6H,3H2,1-2H3. The zero-order valence-electron chi connectivity index (χ0n) is 8.39. The first-order valence-electron chi connectivity index (χ1n) is 4.37. The largest absolute Gasteiger partial charge is 0.493 e. The van der Waals surface area contributed by atoms with Crippen LogP contribution in [-0.2, 0) is 6.18 Å². The number of ether oxygens (including phenoxy) is 2. The van der Waals surface area contributed by atoms with Gasteiger partial charge in [-0.1, -0.05) is 0 Å². The van der Waals surface area contributed by atoms with Crippen LogP contribution < -0.4 is 9.47 Å². The molecule has 0 saturated carbocycles. The first kappa shape index (κ1) is 11.7. The minimum atomic E-state index is -4.36. The number of alkyl halides is 3. The molecule has 0 spiro atoms. The molecule has 0 radical (unpaired) electrons. The van der Waals surface area contributed by atoms with Crippen molar-refractivity contribution >= 4 is 0 Å². The Hall–Kier alpha value is -1.39. The first-order chi connectivity index (χ1) is 6.99. The van der Waals surface area contributed by atoms with Gasteiger partial charge >= 0.3 is 6.18 Å². The SMILES string of the molecule is CCOc1cc(C(F)(F)F)ccc1OC. The monoisotopic (exact) mass is 220 g/mol. The molecule has 0 aliphatic carbocycles. The van der Waals surface area contributed by atoms with Gasteiger partial charge in [0, 0.05) is 0 Å². The van der Waals surface area contributed by atoms with Crippen LogP contribution in [0.15, 0.2) is 18.2 Å². The molecule has 15 heavy (non-hydrogen) atoms. The Morgan fingerprint density at radius 1 is 1.20 bits per heavy atom. The number of methoxy groups -OCH3 is 1. The van der Waals surface area contributed by atoms with Gasteiger partial charge in [-0.25, -0.2) is 0 Å². The second-order valence-corrected chi connectivity index (χ2v) is 2.80. The lowest BCUT2D eigenvalue weighted by Gasteiger charge is -2.12. The Balaban J connectivity index is 3.10. The van der Waals surface area contributed by atoms with Gasteiger partial charge in [-0.15, -0.1) is 0 Å². The summed E-state index contributed by atoms with van der Waals surface area (Å²) in [6.07, 6.45) is -4.36. The Labute approximate surface area is 85.6 Å². The smallest absolute Gasteiger partial charge is 0.416 e. The molecule has 1 rings (SSSR count). The fourth-order valence-corrected chi connectivity index (χ4v) is 1.12. The zero-order valence-corrected chi connectivity index (χ0v) is 8.39. The van der Waals surface area contributed by atoms with Crippen molar-refractivity contribution in [2.45, 2.75) is 13.1 Å². The van der Waals surface area contributed by atoms with Crippen LogP contribution in [0.1, 0.15) is 12.5 Å². The quantitative estimate of drug-likeness (QED) is 0.779. The fraction of sp³-hybridized carbons (Fsp3) is 0.400. The molecule has 0 fully saturated rings. The van der Waals surface area contributed by atoms with Crippen LogP contribution in [0.2, 0.25) is 0 Å². The molecule has 5 heteroatoms. The van der Waals surface area contributed by atoms with Gasteiger partial charge in [0.2, 0.25) is 0 Å². The maximum Gasteiger partial charge on any atom is 0.416 e. The van der Waals surface area contributed by atoms with Crippen LogP contribution in [0, 0.1) is 0 Å². The molecule has 0 aliphatic rings. The highest BCUT2D eigenvalue weighted by Crippen LogP contribution is 2.36. The average molecular weight is 220 g/mol. The minimum Gasteiger partial charge on any atom is -0.493 e. The molecule has 0 atom stereocenters. The molecule has 0 heterocycles. The van der Waals surface area contributed by atoms with Crippen LogP contribution in [0.5, 0.6) is 11.5 Å². The molecule has 0 aliphatic heterocycles. The van der Waals surface area contributed by atoms with E-state index in [1.165, 1.54) is 13.2 Å². The zero-order chi connectivity index (χ0) is 11.5. The number of hydrogen-bond donors (Lipinski definition) is 0. The highest BCUT2D eigenvalue weighted by atomic mass is 19.4. The number of benzene rings is 1. The molecule has 2 nitrogen and oxygen atoms in total. The van der Waals surface area contributed by atoms with Crippen molar-refractivity contribution in [1.29, 1.82) is 0 Å². The highest BCUT2D eigenvalue weighted by Gasteiger charge is 2.31. The first-order valence-corrected chi connectivity index (χ1v) is 4.37. The molecule has 1 aromatic rings. The summed E-state index contributed by atoms with van der Waals surface area (Å²) in [7, 11) is 1.38. The maximum absolute atomic E-state index is 12.3. The lowest BCUT2D eigenvalue weighted by atomic mass is 10.2. The van der Waals surface area contributed by atoms with E-state index in [2.05, 4.69) is 0 Å². The van der Waals surface area contributed by atoms with Gasteiger partial charge in [0.25, 0.3) is 0 Å². The molecule has 0 unspecified atom stereocenters. The Morgan fingerprint density at radius 2 is 1.87 bits per heavy atom. The van der Waals surface area contributed by atoms with Crippen molar-refractivity contribution < 1.29 is 22.6 Å². The fourth-order valence-electron chi connectivity index (χ4n) is 1.12. The van der Waals surface area contributed by atoms with E-state index < -0.39 is 11.7 Å². The summed E-state index contributed by atoms with van der Waals surface area (Å²) >= 11 is 0. The van der Waals surface area contributed by atoms with Crippen LogP contribution in [0.25, 0.3) is 0 Å². The summed E-state index contributed by atoms with van der Waals surface area (Å²) in [5.41, 5.74) is -0.744. The summed E-state index contributed by atoms with van der Waals surface area (Å²) in [4.78, 5) is 0. The topological polar surface area (TPSA) is 18.5 Å². The van der Waals surface area contributed by atoms with Gasteiger partial charge in [-0.05, 0) is 25.1 Å². The second kappa shape index (κ2) is 4.42. The average Bonchev–Trinajstić information content (AvgIpc) is 2.17. The van der Waals surface area contributed by atoms with E-state index in [0.29, 0.717) is 5.75 Å². The van der Waals surface area contributed by atoms with Crippen LogP contribution in [-0.4, -0.2) is 13.7 Å². The normalized spacial score (nSPS) is 11.3. The van der Waals surface area contributed by atoms with Crippen molar-refractivity contribution in [1.82, 2.24) is 0 Å². The summed E-state index contributed by atoms with van der Waals surface area (Å²) in [6, 6.07) is 3.14. The highest BCUT2D eigenvalue weighted by molar-refractivity contribution is 5.43. The van der Waals surface area contributed by atoms with Crippen LogP contribution >= 0.6 is 0 Å². The van der Waals surface area contributed by atoms with E-state index in [1.807, 2.05) is 0 Å². The van der Waals surface area contributed by atoms with Gasteiger partial charge in [-0.3, -0.25) is 0 Å². The predicted octanol–water partition coefficient (Wildman–Crippen LogP) is 3.11. The van der Waals surface area contributed by atoms with Gasteiger partial charge in [0.1, 0.15) is 0 Å². The van der Waals surface area contributed by atoms with E-state index in [9.17, 15) is 13.2 Å². The van der Waals surface area contributed by atoms with E-state index in [-0.39, 0.29) is 12.4 Å². The predicted molar refractivity (Wildman–Crippen MR) is 49.2 cm³/mol. The van der Waals surface area contributed by atoms with Crippen molar-refractivity contribution in [2.24, 2.45) is 0 Å². The van der Waals surface area contributed by atoms with Crippen LogP contribution in [0.4, 0.5) is 13.2 Å². The molecule has 0 N–H and O–H groups in total. The molecule has 0 bridgehead atoms. The van der Waals surface area contributed by atoms with Crippen LogP contribution in [0.3, 0.4) is 0 Å². The van der Waals surface area contributed by atoms with E-state index in [1.54, 1.807) is 6.92 Å². The third-order valence-corrected chi connectivity index (χ3v) is 1.79. The van der Waals surface area contributed by atoms with Crippen molar-refractivity contribution in [2.75, 3.05) is 13.7 Å². The molecule has 84 valence electrons. The van der Waals surface area contributed by atoms with E-state index in [4.69, 9.17) is 9.47 Å². The lowest BCUT2D eigenvalue weighted by Crippen LogP contribution is -2.06. The summed E-state index contributed by atoms with van der Waals surface area (Å²) in [5, 5.41) is 0. The van der Waals surface area contributed by atoms with Gasteiger partial charge in [0.15, 0.2) is 11.5 Å². The Bertz CT molecular complexity index is 334. The number of halogens is 3. The molecule has 0 saturated heterocycles. The van der Waals surface area contributed by atoms with Gasteiger partial charge < -0.3 is 9.47 Å². The molecule has 1 aromatic carbocycles. The van der Waals surface area contributed by atoms with E-state index >= 15 is 0 Å². The maximum atomic E-state index is 12.3. The summed E-state index contributed by atoms with van der Waals surface area (Å²) < 4.78 is 47.0. The third-order valence-electron chi connectivity index (χ3n) is 1.79. The minimum absolute atomic E-state index is 0.106. The van der Waals surface area contributed by atoms with Gasteiger partial charge in [-0.2, -0.15) is 13.2 Å². The Morgan fingerprint density at radius 3 is 2.33 bits per heavy atom. The lowest BCUT2D eigenvalue weighted by molar-refractivity contribution is -0.137. The van der Waals surface area contributed by atoms with E-state index in [0.717, 1.165) is 12.1 Å². The summed E-state index contributed by atoms with van der Waals surface area (Å²) in [5.74, 6) is 0.402. The molecule has 0 aromatic heterocycles. The Kier molecular flexibility index (Phi) is 3.44. The second-order valence-electron chi connectivity index (χ2n) is 2.80. The van der Waals surface area contributed by atoms with Crippen molar-refractivity contribution in [3.05, 3.63) is 23.8 Å².